The van der Waals surface area contributed by atoms with Crippen molar-refractivity contribution in [2.45, 2.75) is 51.1 Å². The third-order valence-corrected chi connectivity index (χ3v) is 4.56. The normalized spacial score (nSPS) is 11.2. The van der Waals surface area contributed by atoms with E-state index in [0.29, 0.717) is 40.6 Å². The molecule has 128 valence electrons. The van der Waals surface area contributed by atoms with Gasteiger partial charge >= 0.3 is 5.69 Å². The highest BCUT2D eigenvalue weighted by molar-refractivity contribution is 7.99. The van der Waals surface area contributed by atoms with E-state index >= 15 is 0 Å². The Kier molecular flexibility index (Phi) is 5.78. The number of hydrogen-bond acceptors (Lipinski definition) is 6. The smallest absolute Gasteiger partial charge is 0.277 e. The third kappa shape index (κ3) is 3.36. The van der Waals surface area contributed by atoms with Crippen molar-refractivity contribution in [3.8, 4) is 6.07 Å². The Bertz CT molecular complexity index is 908. The molecule has 0 saturated heterocycles. The molecule has 0 atom stereocenters. The Balaban J connectivity index is 2.86. The van der Waals surface area contributed by atoms with Crippen molar-refractivity contribution in [1.29, 1.82) is 5.26 Å². The predicted octanol–water partition coefficient (Wildman–Crippen LogP) is 2.03. The molecule has 8 heteroatoms. The average molecular weight is 347 g/mol. The van der Waals surface area contributed by atoms with Crippen LogP contribution in [0.1, 0.15) is 45.4 Å². The minimum Gasteiger partial charge on any atom is -0.277 e. The van der Waals surface area contributed by atoms with E-state index in [0.717, 1.165) is 11.0 Å². The maximum absolute atomic E-state index is 12.6. The number of fused-ring (bicyclic) bond motifs is 1. The van der Waals surface area contributed by atoms with Gasteiger partial charge in [0.2, 0.25) is 0 Å². The minimum absolute atomic E-state index is 0.0685. The Morgan fingerprint density at radius 1 is 1.29 bits per heavy atom. The molecule has 0 spiro atoms. The van der Waals surface area contributed by atoms with Gasteiger partial charge in [-0.1, -0.05) is 20.8 Å². The second-order valence-corrected chi connectivity index (χ2v) is 6.88. The summed E-state index contributed by atoms with van der Waals surface area (Å²) in [5.41, 5.74) is -0.365. The Morgan fingerprint density at radius 2 is 2.00 bits per heavy atom. The molecule has 2 rings (SSSR count). The number of rotatable bonds is 6. The summed E-state index contributed by atoms with van der Waals surface area (Å²) in [7, 11) is 1.47. The van der Waals surface area contributed by atoms with Crippen LogP contribution in [-0.2, 0) is 13.6 Å². The van der Waals surface area contributed by atoms with Crippen molar-refractivity contribution in [1.82, 2.24) is 19.1 Å². The van der Waals surface area contributed by atoms with Gasteiger partial charge < -0.3 is 0 Å². The van der Waals surface area contributed by atoms with Gasteiger partial charge in [0, 0.05) is 31.7 Å². The van der Waals surface area contributed by atoms with Crippen molar-refractivity contribution in [2.24, 2.45) is 7.05 Å². The quantitative estimate of drug-likeness (QED) is 0.451. The summed E-state index contributed by atoms with van der Waals surface area (Å²) in [6, 6.07) is 2.09. The highest BCUT2D eigenvalue weighted by Gasteiger charge is 2.19. The lowest BCUT2D eigenvalue weighted by atomic mass is 10.2. The van der Waals surface area contributed by atoms with Crippen molar-refractivity contribution >= 4 is 22.8 Å². The van der Waals surface area contributed by atoms with E-state index in [1.807, 2.05) is 20.8 Å². The van der Waals surface area contributed by atoms with Crippen molar-refractivity contribution in [3.63, 3.8) is 0 Å². The average Bonchev–Trinajstić information content (AvgIpc) is 2.56. The molecule has 0 bridgehead atoms. The van der Waals surface area contributed by atoms with E-state index in [-0.39, 0.29) is 11.6 Å². The van der Waals surface area contributed by atoms with Gasteiger partial charge in [0.25, 0.3) is 5.56 Å². The highest BCUT2D eigenvalue weighted by Crippen LogP contribution is 2.25. The zero-order valence-corrected chi connectivity index (χ0v) is 15.2. The first-order valence-corrected chi connectivity index (χ1v) is 8.92. The molecular weight excluding hydrogens is 326 g/mol. The van der Waals surface area contributed by atoms with Gasteiger partial charge in [0.05, 0.1) is 6.07 Å². The molecule has 2 aromatic heterocycles. The van der Waals surface area contributed by atoms with Crippen LogP contribution in [0.25, 0.3) is 11.0 Å². The molecule has 0 aliphatic carbocycles. The maximum Gasteiger partial charge on any atom is 0.332 e. The van der Waals surface area contributed by atoms with Gasteiger partial charge in [-0.25, -0.2) is 14.8 Å². The number of aromatic nitrogens is 4. The van der Waals surface area contributed by atoms with Crippen LogP contribution in [0.15, 0.2) is 14.6 Å². The lowest BCUT2D eigenvalue weighted by molar-refractivity contribution is 0.603. The van der Waals surface area contributed by atoms with E-state index in [4.69, 9.17) is 5.26 Å². The molecule has 0 aromatic carbocycles. The molecule has 0 unspecified atom stereocenters. The van der Waals surface area contributed by atoms with Crippen LogP contribution in [0.3, 0.4) is 0 Å². The molecule has 24 heavy (non-hydrogen) atoms. The van der Waals surface area contributed by atoms with Gasteiger partial charge in [-0.15, -0.1) is 11.8 Å². The molecule has 2 heterocycles. The molecular formula is C16H21N5O2S. The van der Waals surface area contributed by atoms with Gasteiger partial charge in [-0.05, 0) is 6.42 Å². The lowest BCUT2D eigenvalue weighted by Gasteiger charge is -2.14. The van der Waals surface area contributed by atoms with E-state index in [1.54, 1.807) is 4.57 Å². The van der Waals surface area contributed by atoms with Crippen LogP contribution in [0.5, 0.6) is 0 Å². The number of thioether (sulfide) groups is 1. The molecule has 7 nitrogen and oxygen atoms in total. The second kappa shape index (κ2) is 7.62. The van der Waals surface area contributed by atoms with Crippen LogP contribution < -0.4 is 11.2 Å². The summed E-state index contributed by atoms with van der Waals surface area (Å²) in [4.78, 5) is 34.1. The van der Waals surface area contributed by atoms with Crippen LogP contribution in [0, 0.1) is 11.3 Å². The Hall–Kier alpha value is -2.14. The van der Waals surface area contributed by atoms with Gasteiger partial charge in [-0.3, -0.25) is 13.9 Å². The molecule has 2 aromatic rings. The SMILES string of the molecule is CCCn1c(=O)n(C)c(=O)c2c(SCCC#N)nc(C(C)C)nc21. The number of hydrogen-bond donors (Lipinski definition) is 0. The van der Waals surface area contributed by atoms with E-state index in [2.05, 4.69) is 16.0 Å². The van der Waals surface area contributed by atoms with Crippen molar-refractivity contribution in [2.75, 3.05) is 5.75 Å². The van der Waals surface area contributed by atoms with Crippen LogP contribution in [0.2, 0.25) is 0 Å². The summed E-state index contributed by atoms with van der Waals surface area (Å²) in [6.45, 7) is 6.39. The number of nitrogens with zero attached hydrogens (tertiary/aromatic N) is 5. The highest BCUT2D eigenvalue weighted by atomic mass is 32.2. The van der Waals surface area contributed by atoms with Crippen molar-refractivity contribution in [3.05, 3.63) is 26.7 Å². The largest absolute Gasteiger partial charge is 0.332 e. The van der Waals surface area contributed by atoms with Gasteiger partial charge in [-0.2, -0.15) is 5.26 Å². The maximum atomic E-state index is 12.6. The molecule has 0 N–H and O–H groups in total. The predicted molar refractivity (Wildman–Crippen MR) is 94.4 cm³/mol. The number of aryl methyl sites for hydroxylation is 1. The molecule has 0 fully saturated rings. The first-order chi connectivity index (χ1) is 11.4. The molecule has 0 radical (unpaired) electrons. The van der Waals surface area contributed by atoms with Crippen LogP contribution >= 0.6 is 11.8 Å². The standard InChI is InChI=1S/C16H21N5O2S/c1-5-8-21-13-11(15(22)20(4)16(21)23)14(24-9-6-7-17)19-12(18-13)10(2)3/h10H,5-6,8-9H2,1-4H3. The van der Waals surface area contributed by atoms with Crippen molar-refractivity contribution < 1.29 is 0 Å². The van der Waals surface area contributed by atoms with Crippen LogP contribution in [0.4, 0.5) is 0 Å². The second-order valence-electron chi connectivity index (χ2n) is 5.80. The third-order valence-electron chi connectivity index (χ3n) is 3.58. The van der Waals surface area contributed by atoms with E-state index < -0.39 is 5.56 Å². The summed E-state index contributed by atoms with van der Waals surface area (Å²) in [6.07, 6.45) is 1.12. The Labute approximate surface area is 144 Å². The zero-order valence-electron chi connectivity index (χ0n) is 14.4. The zero-order chi connectivity index (χ0) is 17.9. The Morgan fingerprint density at radius 3 is 2.58 bits per heavy atom. The summed E-state index contributed by atoms with van der Waals surface area (Å²) in [5, 5.41) is 9.65. The van der Waals surface area contributed by atoms with Gasteiger partial charge in [0.15, 0.2) is 5.65 Å². The summed E-state index contributed by atoms with van der Waals surface area (Å²) < 4.78 is 2.64. The van der Waals surface area contributed by atoms with E-state index in [1.165, 1.54) is 18.8 Å². The first kappa shape index (κ1) is 18.2. The molecule has 0 aliphatic rings. The molecule has 0 amide bonds. The number of nitriles is 1. The van der Waals surface area contributed by atoms with E-state index in [9.17, 15) is 9.59 Å². The lowest BCUT2D eigenvalue weighted by Crippen LogP contribution is -2.39. The fourth-order valence-electron chi connectivity index (χ4n) is 2.33. The van der Waals surface area contributed by atoms with Gasteiger partial charge in [0.1, 0.15) is 16.2 Å². The molecule has 0 aliphatic heterocycles. The first-order valence-electron chi connectivity index (χ1n) is 7.93. The van der Waals surface area contributed by atoms with Crippen LogP contribution in [-0.4, -0.2) is 24.9 Å². The minimum atomic E-state index is -0.392. The fourth-order valence-corrected chi connectivity index (χ4v) is 3.20. The monoisotopic (exact) mass is 347 g/mol. The summed E-state index contributed by atoms with van der Waals surface area (Å²) in [5.74, 6) is 1.20. The fraction of sp³-hybridized carbons (Fsp3) is 0.562. The topological polar surface area (TPSA) is 93.6 Å². The molecule has 0 saturated carbocycles. The summed E-state index contributed by atoms with van der Waals surface area (Å²) >= 11 is 1.36.